The third kappa shape index (κ3) is 2.42. The Hall–Kier alpha value is -3.29. The van der Waals surface area contributed by atoms with Crippen LogP contribution < -0.4 is 16.2 Å². The lowest BCUT2D eigenvalue weighted by molar-refractivity contribution is 0.100. The number of phenols is 1. The van der Waals surface area contributed by atoms with Crippen LogP contribution >= 0.6 is 0 Å². The fourth-order valence-electron chi connectivity index (χ4n) is 3.10. The van der Waals surface area contributed by atoms with Crippen LogP contribution in [0.4, 0.5) is 5.82 Å². The fraction of sp³-hybridized carbons (Fsp3) is 0.278. The van der Waals surface area contributed by atoms with Gasteiger partial charge >= 0.3 is 0 Å². The van der Waals surface area contributed by atoms with Gasteiger partial charge in [0.25, 0.3) is 5.91 Å². The number of anilines is 1. The quantitative estimate of drug-likeness (QED) is 0.657. The number of nitrogen functional groups attached to an aromatic ring is 1. The SMILES string of the molecule is Cc1ccc(O)c(C)c1-n1c(N)c(C(N)=O)c2nc(OC3CC3)cnc21. The van der Waals surface area contributed by atoms with Crippen LogP contribution in [0.25, 0.3) is 16.9 Å². The molecule has 0 saturated heterocycles. The number of amides is 1. The van der Waals surface area contributed by atoms with Crippen LogP contribution in [0.5, 0.6) is 11.6 Å². The molecule has 0 spiro atoms. The van der Waals surface area contributed by atoms with Crippen LogP contribution in [0.1, 0.15) is 34.3 Å². The van der Waals surface area contributed by atoms with E-state index < -0.39 is 5.91 Å². The van der Waals surface area contributed by atoms with Crippen molar-refractivity contribution in [2.45, 2.75) is 32.8 Å². The molecule has 0 bridgehead atoms. The number of fused-ring (bicyclic) bond motifs is 1. The lowest BCUT2D eigenvalue weighted by Gasteiger charge is -2.15. The van der Waals surface area contributed by atoms with Gasteiger partial charge in [0, 0.05) is 5.56 Å². The molecule has 1 aliphatic carbocycles. The summed E-state index contributed by atoms with van der Waals surface area (Å²) >= 11 is 0. The number of carbonyl (C=O) groups is 1. The van der Waals surface area contributed by atoms with Crippen LogP contribution in [-0.2, 0) is 0 Å². The van der Waals surface area contributed by atoms with Gasteiger partial charge in [0.1, 0.15) is 28.8 Å². The molecule has 1 saturated carbocycles. The van der Waals surface area contributed by atoms with Crippen molar-refractivity contribution in [2.24, 2.45) is 5.73 Å². The van der Waals surface area contributed by atoms with Gasteiger partial charge in [-0.05, 0) is 38.3 Å². The van der Waals surface area contributed by atoms with Crippen LogP contribution in [0.2, 0.25) is 0 Å². The maximum Gasteiger partial charge on any atom is 0.254 e. The molecule has 0 radical (unpaired) electrons. The number of phenolic OH excluding ortho intramolecular Hbond substituents is 1. The van der Waals surface area contributed by atoms with Gasteiger partial charge in [0.05, 0.1) is 11.9 Å². The second kappa shape index (κ2) is 5.62. The molecule has 5 N–H and O–H groups in total. The zero-order chi connectivity index (χ0) is 18.6. The Kier molecular flexibility index (Phi) is 3.50. The second-order valence-electron chi connectivity index (χ2n) is 6.53. The highest BCUT2D eigenvalue weighted by Gasteiger charge is 2.27. The Morgan fingerprint density at radius 1 is 1.35 bits per heavy atom. The van der Waals surface area contributed by atoms with E-state index in [0.29, 0.717) is 22.8 Å². The van der Waals surface area contributed by atoms with Gasteiger partial charge in [-0.2, -0.15) is 0 Å². The maximum atomic E-state index is 12.0. The molecule has 0 unspecified atom stereocenters. The molecule has 1 aliphatic rings. The maximum absolute atomic E-state index is 12.0. The number of hydrogen-bond acceptors (Lipinski definition) is 6. The Balaban J connectivity index is 2.03. The van der Waals surface area contributed by atoms with Crippen molar-refractivity contribution in [2.75, 3.05) is 5.73 Å². The molecular weight excluding hydrogens is 334 g/mol. The summed E-state index contributed by atoms with van der Waals surface area (Å²) in [5, 5.41) is 10.1. The smallest absolute Gasteiger partial charge is 0.254 e. The van der Waals surface area contributed by atoms with E-state index in [9.17, 15) is 9.90 Å². The van der Waals surface area contributed by atoms with Crippen molar-refractivity contribution in [1.29, 1.82) is 0 Å². The lowest BCUT2D eigenvalue weighted by Crippen LogP contribution is -2.14. The zero-order valence-electron chi connectivity index (χ0n) is 14.5. The van der Waals surface area contributed by atoms with Crippen molar-refractivity contribution >= 4 is 22.9 Å². The van der Waals surface area contributed by atoms with Gasteiger partial charge in [0.15, 0.2) is 5.65 Å². The summed E-state index contributed by atoms with van der Waals surface area (Å²) < 4.78 is 7.28. The largest absolute Gasteiger partial charge is 0.508 e. The van der Waals surface area contributed by atoms with E-state index in [0.717, 1.165) is 18.4 Å². The predicted molar refractivity (Wildman–Crippen MR) is 96.6 cm³/mol. The summed E-state index contributed by atoms with van der Waals surface area (Å²) in [6.45, 7) is 3.65. The average Bonchev–Trinajstić information content (AvgIpc) is 3.35. The highest BCUT2D eigenvalue weighted by Crippen LogP contribution is 2.35. The predicted octanol–water partition coefficient (Wildman–Crippen LogP) is 1.97. The minimum absolute atomic E-state index is 0.0934. The van der Waals surface area contributed by atoms with Crippen LogP contribution in [0.3, 0.4) is 0 Å². The third-order valence-corrected chi connectivity index (χ3v) is 4.56. The molecule has 0 aliphatic heterocycles. The number of rotatable bonds is 4. The molecule has 3 aromatic rings. The Bertz CT molecular complexity index is 1050. The average molecular weight is 353 g/mol. The molecule has 1 fully saturated rings. The van der Waals surface area contributed by atoms with Gasteiger partial charge in [-0.15, -0.1) is 0 Å². The van der Waals surface area contributed by atoms with E-state index in [-0.39, 0.29) is 28.8 Å². The van der Waals surface area contributed by atoms with Crippen molar-refractivity contribution in [3.05, 3.63) is 35.0 Å². The minimum Gasteiger partial charge on any atom is -0.508 e. The molecule has 1 aromatic carbocycles. The topological polar surface area (TPSA) is 129 Å². The molecule has 26 heavy (non-hydrogen) atoms. The Morgan fingerprint density at radius 3 is 2.73 bits per heavy atom. The molecule has 0 atom stereocenters. The highest BCUT2D eigenvalue weighted by atomic mass is 16.5. The van der Waals surface area contributed by atoms with Crippen molar-refractivity contribution in [3.63, 3.8) is 0 Å². The molecule has 1 amide bonds. The van der Waals surface area contributed by atoms with Gasteiger partial charge in [-0.1, -0.05) is 6.07 Å². The summed E-state index contributed by atoms with van der Waals surface area (Å²) in [5.41, 5.74) is 14.7. The number of aromatic nitrogens is 3. The first-order valence-corrected chi connectivity index (χ1v) is 8.31. The summed E-state index contributed by atoms with van der Waals surface area (Å²) in [4.78, 5) is 20.9. The second-order valence-corrected chi connectivity index (χ2v) is 6.53. The van der Waals surface area contributed by atoms with E-state index in [2.05, 4.69) is 9.97 Å². The molecule has 4 rings (SSSR count). The zero-order valence-corrected chi connectivity index (χ0v) is 14.5. The lowest BCUT2D eigenvalue weighted by atomic mass is 10.1. The third-order valence-electron chi connectivity index (χ3n) is 4.56. The standard InChI is InChI=1S/C18H19N5O3/c1-8-3-6-11(24)9(2)15(8)23-16(19)13(17(20)25)14-18(23)21-7-12(22-14)26-10-4-5-10/h3,6-7,10,24H,4-5,19H2,1-2H3,(H2,20,25). The monoisotopic (exact) mass is 353 g/mol. The number of benzene rings is 1. The molecule has 134 valence electrons. The highest BCUT2D eigenvalue weighted by molar-refractivity contribution is 6.09. The minimum atomic E-state index is -0.695. The summed E-state index contributed by atoms with van der Waals surface area (Å²) in [5.74, 6) is -0.106. The first-order valence-electron chi connectivity index (χ1n) is 8.31. The van der Waals surface area contributed by atoms with Gasteiger partial charge in [0.2, 0.25) is 5.88 Å². The normalized spacial score (nSPS) is 13.9. The molecule has 8 nitrogen and oxygen atoms in total. The van der Waals surface area contributed by atoms with Crippen molar-refractivity contribution in [3.8, 4) is 17.3 Å². The van der Waals surface area contributed by atoms with Crippen molar-refractivity contribution < 1.29 is 14.6 Å². The first-order chi connectivity index (χ1) is 12.4. The summed E-state index contributed by atoms with van der Waals surface area (Å²) in [7, 11) is 0. The Labute approximate surface area is 149 Å². The van der Waals surface area contributed by atoms with Crippen LogP contribution in [-0.4, -0.2) is 31.7 Å². The number of ether oxygens (including phenoxy) is 1. The van der Waals surface area contributed by atoms with E-state index in [1.165, 1.54) is 6.20 Å². The number of hydrogen-bond donors (Lipinski definition) is 3. The number of aryl methyl sites for hydroxylation is 1. The van der Waals surface area contributed by atoms with E-state index in [1.54, 1.807) is 23.6 Å². The summed E-state index contributed by atoms with van der Waals surface area (Å²) in [6.07, 6.45) is 3.61. The Morgan fingerprint density at radius 2 is 2.08 bits per heavy atom. The molecular formula is C18H19N5O3. The number of nitrogens with zero attached hydrogens (tertiary/aromatic N) is 3. The fourth-order valence-corrected chi connectivity index (χ4v) is 3.10. The van der Waals surface area contributed by atoms with Crippen molar-refractivity contribution in [1.82, 2.24) is 14.5 Å². The van der Waals surface area contributed by atoms with Gasteiger partial charge in [-0.25, -0.2) is 9.97 Å². The first kappa shape index (κ1) is 16.2. The number of carbonyl (C=O) groups excluding carboxylic acids is 1. The van der Waals surface area contributed by atoms with E-state index in [4.69, 9.17) is 16.2 Å². The van der Waals surface area contributed by atoms with E-state index >= 15 is 0 Å². The number of nitrogens with two attached hydrogens (primary N) is 2. The van der Waals surface area contributed by atoms with Crippen LogP contribution in [0.15, 0.2) is 18.3 Å². The molecule has 2 heterocycles. The molecule has 8 heteroatoms. The van der Waals surface area contributed by atoms with Crippen LogP contribution in [0, 0.1) is 13.8 Å². The number of aromatic hydroxyl groups is 1. The molecule has 2 aromatic heterocycles. The number of primary amides is 1. The van der Waals surface area contributed by atoms with Gasteiger partial charge in [-0.3, -0.25) is 9.36 Å². The summed E-state index contributed by atoms with van der Waals surface area (Å²) in [6, 6.07) is 3.38. The van der Waals surface area contributed by atoms with E-state index in [1.807, 2.05) is 6.92 Å². The van der Waals surface area contributed by atoms with Gasteiger partial charge < -0.3 is 21.3 Å².